The Morgan fingerprint density at radius 3 is 2.32 bits per heavy atom. The number of likely N-dealkylation sites (tertiary alicyclic amines) is 1. The molecule has 1 heterocycles. The van der Waals surface area contributed by atoms with Gasteiger partial charge in [0.15, 0.2) is 0 Å². The van der Waals surface area contributed by atoms with Gasteiger partial charge in [-0.25, -0.2) is 0 Å². The molecular weight excluding hydrogens is 262 g/mol. The van der Waals surface area contributed by atoms with Gasteiger partial charge in [-0.3, -0.25) is 0 Å². The lowest BCUT2D eigenvalue weighted by Crippen LogP contribution is -2.34. The molecule has 6 heteroatoms. The number of piperidine rings is 1. The Kier molecular flexibility index (Phi) is 4.09. The molecule has 1 fully saturated rings. The Hall–Kier alpha value is -1.56. The molecule has 0 spiro atoms. The molecule has 1 aliphatic heterocycles. The van der Waals surface area contributed by atoms with Gasteiger partial charge in [-0.2, -0.15) is 8.42 Å². The lowest BCUT2D eigenvalue weighted by molar-refractivity contribution is 0.341. The largest absolute Gasteiger partial charge is 0.399 e. The van der Waals surface area contributed by atoms with Crippen molar-refractivity contribution < 1.29 is 8.42 Å². The van der Waals surface area contributed by atoms with Crippen molar-refractivity contribution in [2.24, 2.45) is 4.40 Å². The molecule has 104 valence electrons. The maximum Gasteiger partial charge on any atom is 0.283 e. The third kappa shape index (κ3) is 3.47. The lowest BCUT2D eigenvalue weighted by Gasteiger charge is -2.27. The minimum atomic E-state index is -3.63. The molecule has 0 aromatic heterocycles. The number of hydrogen-bond donors (Lipinski definition) is 1. The molecule has 19 heavy (non-hydrogen) atoms. The van der Waals surface area contributed by atoms with Gasteiger partial charge < -0.3 is 10.6 Å². The summed E-state index contributed by atoms with van der Waals surface area (Å²) >= 11 is 0. The van der Waals surface area contributed by atoms with Crippen LogP contribution in [0, 0.1) is 0 Å². The normalized spacial score (nSPS) is 17.5. The van der Waals surface area contributed by atoms with Gasteiger partial charge >= 0.3 is 0 Å². The monoisotopic (exact) mass is 281 g/mol. The summed E-state index contributed by atoms with van der Waals surface area (Å²) in [5.74, 6) is 0.566. The van der Waals surface area contributed by atoms with Crippen LogP contribution in [0.15, 0.2) is 33.6 Å². The average molecular weight is 281 g/mol. The quantitative estimate of drug-likeness (QED) is 0.510. The second kappa shape index (κ2) is 5.61. The Balaban J connectivity index is 2.22. The molecule has 0 unspecified atom stereocenters. The highest BCUT2D eigenvalue weighted by molar-refractivity contribution is 7.90. The van der Waals surface area contributed by atoms with E-state index in [0.29, 0.717) is 11.5 Å². The first-order valence-electron chi connectivity index (χ1n) is 6.41. The minimum Gasteiger partial charge on any atom is -0.399 e. The zero-order valence-corrected chi connectivity index (χ0v) is 11.9. The number of amidine groups is 1. The van der Waals surface area contributed by atoms with Crippen molar-refractivity contribution in [2.75, 3.05) is 18.8 Å². The number of sulfonamides is 1. The summed E-state index contributed by atoms with van der Waals surface area (Å²) in [4.78, 5) is 2.20. The van der Waals surface area contributed by atoms with E-state index in [0.717, 1.165) is 25.9 Å². The first-order valence-corrected chi connectivity index (χ1v) is 7.85. The molecule has 0 aliphatic carbocycles. The predicted molar refractivity (Wildman–Crippen MR) is 76.6 cm³/mol. The van der Waals surface area contributed by atoms with Crippen LogP contribution in [0.5, 0.6) is 0 Å². The lowest BCUT2D eigenvalue weighted by atomic mass is 10.1. The van der Waals surface area contributed by atoms with E-state index in [2.05, 4.69) is 4.40 Å². The highest BCUT2D eigenvalue weighted by atomic mass is 32.2. The molecule has 1 aliphatic rings. The number of nitrogen functional groups attached to an aromatic ring is 1. The van der Waals surface area contributed by atoms with Crippen molar-refractivity contribution in [1.29, 1.82) is 0 Å². The zero-order valence-electron chi connectivity index (χ0n) is 11.0. The molecule has 2 rings (SSSR count). The van der Waals surface area contributed by atoms with E-state index in [1.54, 1.807) is 19.1 Å². The van der Waals surface area contributed by atoms with Gasteiger partial charge in [0, 0.05) is 18.8 Å². The summed E-state index contributed by atoms with van der Waals surface area (Å²) in [7, 11) is -3.63. The molecule has 0 radical (unpaired) electrons. The minimum absolute atomic E-state index is 0.179. The Morgan fingerprint density at radius 1 is 1.16 bits per heavy atom. The molecule has 1 aromatic rings. The maximum atomic E-state index is 12.1. The van der Waals surface area contributed by atoms with Crippen molar-refractivity contribution >= 4 is 21.5 Å². The molecule has 0 bridgehead atoms. The topological polar surface area (TPSA) is 75.8 Å². The van der Waals surface area contributed by atoms with Crippen LogP contribution >= 0.6 is 0 Å². The van der Waals surface area contributed by atoms with Gasteiger partial charge in [0.2, 0.25) is 0 Å². The van der Waals surface area contributed by atoms with E-state index < -0.39 is 10.0 Å². The molecule has 2 N–H and O–H groups in total. The predicted octanol–water partition coefficient (Wildman–Crippen LogP) is 1.86. The smallest absolute Gasteiger partial charge is 0.283 e. The summed E-state index contributed by atoms with van der Waals surface area (Å²) in [6.07, 6.45) is 3.39. The molecule has 0 atom stereocenters. The second-order valence-corrected chi connectivity index (χ2v) is 6.33. The van der Waals surface area contributed by atoms with Crippen molar-refractivity contribution in [1.82, 2.24) is 4.90 Å². The van der Waals surface area contributed by atoms with Gasteiger partial charge in [-0.05, 0) is 50.5 Å². The highest BCUT2D eigenvalue weighted by Crippen LogP contribution is 2.16. The molecule has 1 saturated heterocycles. The number of anilines is 1. The van der Waals surface area contributed by atoms with Crippen molar-refractivity contribution in [3.8, 4) is 0 Å². The fourth-order valence-corrected chi connectivity index (χ4v) is 3.19. The van der Waals surface area contributed by atoms with Crippen LogP contribution in [-0.2, 0) is 10.0 Å². The molecular formula is C13H19N3O2S. The van der Waals surface area contributed by atoms with E-state index in [-0.39, 0.29) is 4.90 Å². The van der Waals surface area contributed by atoms with E-state index in [4.69, 9.17) is 5.73 Å². The van der Waals surface area contributed by atoms with E-state index >= 15 is 0 Å². The molecule has 1 aromatic carbocycles. The standard InChI is InChI=1S/C13H19N3O2S/c1-11(16-9-3-2-4-10-16)15-19(17,18)13-7-5-12(14)6-8-13/h5-8H,2-4,9-10,14H2,1H3/b15-11+. The van der Waals surface area contributed by atoms with Gasteiger partial charge in [0.05, 0.1) is 4.90 Å². The number of hydrogen-bond acceptors (Lipinski definition) is 3. The Labute approximate surface area is 114 Å². The fraction of sp³-hybridized carbons (Fsp3) is 0.462. The number of rotatable bonds is 2. The van der Waals surface area contributed by atoms with E-state index in [1.807, 2.05) is 4.90 Å². The van der Waals surface area contributed by atoms with Crippen molar-refractivity contribution in [3.05, 3.63) is 24.3 Å². The summed E-state index contributed by atoms with van der Waals surface area (Å²) in [6, 6.07) is 6.10. The summed E-state index contributed by atoms with van der Waals surface area (Å²) < 4.78 is 28.2. The van der Waals surface area contributed by atoms with Crippen LogP contribution in [0.25, 0.3) is 0 Å². The van der Waals surface area contributed by atoms with Gasteiger partial charge in [-0.1, -0.05) is 0 Å². The van der Waals surface area contributed by atoms with Gasteiger partial charge in [0.1, 0.15) is 5.84 Å². The van der Waals surface area contributed by atoms with E-state index in [9.17, 15) is 8.42 Å². The Morgan fingerprint density at radius 2 is 1.74 bits per heavy atom. The third-order valence-electron chi connectivity index (χ3n) is 3.24. The van der Waals surface area contributed by atoms with Crippen LogP contribution in [-0.4, -0.2) is 32.2 Å². The van der Waals surface area contributed by atoms with Gasteiger partial charge in [-0.15, -0.1) is 4.40 Å². The van der Waals surface area contributed by atoms with Crippen LogP contribution in [0.1, 0.15) is 26.2 Å². The molecule has 5 nitrogen and oxygen atoms in total. The summed E-state index contributed by atoms with van der Waals surface area (Å²) in [5, 5.41) is 0. The van der Waals surface area contributed by atoms with Gasteiger partial charge in [0.25, 0.3) is 10.0 Å². The third-order valence-corrected chi connectivity index (χ3v) is 4.62. The number of benzene rings is 1. The fourth-order valence-electron chi connectivity index (χ4n) is 2.14. The number of nitrogens with two attached hydrogens (primary N) is 1. The van der Waals surface area contributed by atoms with Crippen molar-refractivity contribution in [3.63, 3.8) is 0 Å². The second-order valence-electron chi connectivity index (χ2n) is 4.73. The summed E-state index contributed by atoms with van der Waals surface area (Å²) in [5.41, 5.74) is 6.09. The van der Waals surface area contributed by atoms with E-state index in [1.165, 1.54) is 18.6 Å². The van der Waals surface area contributed by atoms with Crippen LogP contribution < -0.4 is 5.73 Å². The average Bonchev–Trinajstić information content (AvgIpc) is 2.40. The number of nitrogens with zero attached hydrogens (tertiary/aromatic N) is 2. The van der Waals surface area contributed by atoms with Crippen LogP contribution in [0.2, 0.25) is 0 Å². The zero-order chi connectivity index (χ0) is 13.9. The maximum absolute atomic E-state index is 12.1. The Bertz CT molecular complexity index is 558. The SMILES string of the molecule is C/C(=N\S(=O)(=O)c1ccc(N)cc1)N1CCCCC1. The van der Waals surface area contributed by atoms with Crippen molar-refractivity contribution in [2.45, 2.75) is 31.1 Å². The van der Waals surface area contributed by atoms with Crippen LogP contribution in [0.3, 0.4) is 0 Å². The highest BCUT2D eigenvalue weighted by Gasteiger charge is 2.17. The first kappa shape index (κ1) is 13.9. The molecule has 0 amide bonds. The molecule has 0 saturated carbocycles. The first-order chi connectivity index (χ1) is 8.99. The summed E-state index contributed by atoms with van der Waals surface area (Å²) in [6.45, 7) is 3.51. The van der Waals surface area contributed by atoms with Crippen LogP contribution in [0.4, 0.5) is 5.69 Å².